The molecule has 0 spiro atoms. The van der Waals surface area contributed by atoms with E-state index in [1.165, 1.54) is 15.0 Å². The fourth-order valence-electron chi connectivity index (χ4n) is 2.14. The highest BCUT2D eigenvalue weighted by Gasteiger charge is 2.38. The van der Waals surface area contributed by atoms with Crippen LogP contribution in [0.4, 0.5) is 0 Å². The van der Waals surface area contributed by atoms with Crippen molar-refractivity contribution in [3.8, 4) is 12.3 Å². The topological polar surface area (TPSA) is 9.23 Å². The fourth-order valence-corrected chi connectivity index (χ4v) is 4.47. The van der Waals surface area contributed by atoms with Gasteiger partial charge in [-0.15, -0.1) is 17.8 Å². The van der Waals surface area contributed by atoms with Gasteiger partial charge in [-0.1, -0.05) is 44.9 Å². The molecular weight excluding hydrogens is 304 g/mol. The highest BCUT2D eigenvalue weighted by molar-refractivity contribution is 7.19. The number of aryl methyl sites for hydroxylation is 1. The van der Waals surface area contributed by atoms with E-state index in [9.17, 15) is 0 Å². The summed E-state index contributed by atoms with van der Waals surface area (Å²) in [6.45, 7) is 11.3. The Labute approximate surface area is 139 Å². The first-order valence-electron chi connectivity index (χ1n) is 7.84. The van der Waals surface area contributed by atoms with E-state index in [0.717, 1.165) is 12.8 Å². The van der Waals surface area contributed by atoms with Gasteiger partial charge in [0.2, 0.25) is 0 Å². The highest BCUT2D eigenvalue weighted by atomic mass is 32.1. The Morgan fingerprint density at radius 1 is 1.27 bits per heavy atom. The van der Waals surface area contributed by atoms with Gasteiger partial charge in [-0.05, 0) is 48.5 Å². The van der Waals surface area contributed by atoms with E-state index in [0.29, 0.717) is 0 Å². The van der Waals surface area contributed by atoms with E-state index in [4.69, 9.17) is 10.8 Å². The minimum Gasteiger partial charge on any atom is -0.403 e. The van der Waals surface area contributed by atoms with Crippen molar-refractivity contribution in [1.29, 1.82) is 0 Å². The lowest BCUT2D eigenvalue weighted by Gasteiger charge is -2.38. The van der Waals surface area contributed by atoms with Crippen molar-refractivity contribution in [2.45, 2.75) is 57.8 Å². The molecule has 0 N–H and O–H groups in total. The van der Waals surface area contributed by atoms with Crippen molar-refractivity contribution in [2.75, 3.05) is 0 Å². The van der Waals surface area contributed by atoms with Crippen molar-refractivity contribution in [2.24, 2.45) is 0 Å². The molecule has 0 fully saturated rings. The first-order chi connectivity index (χ1) is 10.2. The number of fused-ring (bicyclic) bond motifs is 1. The Morgan fingerprint density at radius 2 is 1.95 bits per heavy atom. The van der Waals surface area contributed by atoms with Gasteiger partial charge in [-0.2, -0.15) is 0 Å². The fraction of sp³-hybridized carbons (Fsp3) is 0.474. The van der Waals surface area contributed by atoms with Crippen LogP contribution in [0.25, 0.3) is 10.1 Å². The van der Waals surface area contributed by atoms with Crippen molar-refractivity contribution in [3.05, 3.63) is 35.2 Å². The predicted octanol–water partition coefficient (Wildman–Crippen LogP) is 5.86. The molecule has 2 aromatic rings. The molecule has 0 aliphatic heterocycles. The SMILES string of the molecule is C#CC(CCc1cc2ccccc2s1)O[Si](C)(C)C(C)(C)C. The van der Waals surface area contributed by atoms with Crippen LogP contribution < -0.4 is 0 Å². The average molecular weight is 331 g/mol. The second-order valence-electron chi connectivity index (χ2n) is 7.32. The summed E-state index contributed by atoms with van der Waals surface area (Å²) in [6.07, 6.45) is 7.52. The van der Waals surface area contributed by atoms with Crippen LogP contribution in [-0.4, -0.2) is 14.4 Å². The predicted molar refractivity (Wildman–Crippen MR) is 101 cm³/mol. The Morgan fingerprint density at radius 3 is 2.55 bits per heavy atom. The second kappa shape index (κ2) is 6.58. The van der Waals surface area contributed by atoms with Crippen molar-refractivity contribution >= 4 is 29.7 Å². The van der Waals surface area contributed by atoms with Crippen LogP contribution in [0.15, 0.2) is 30.3 Å². The van der Waals surface area contributed by atoms with Gasteiger partial charge in [0.1, 0.15) is 6.10 Å². The molecule has 1 heterocycles. The minimum absolute atomic E-state index is 0.0777. The van der Waals surface area contributed by atoms with E-state index >= 15 is 0 Å². The van der Waals surface area contributed by atoms with Gasteiger partial charge in [0.25, 0.3) is 0 Å². The van der Waals surface area contributed by atoms with Crippen LogP contribution in [0.3, 0.4) is 0 Å². The number of benzene rings is 1. The first-order valence-corrected chi connectivity index (χ1v) is 11.6. The third-order valence-electron chi connectivity index (χ3n) is 4.56. The quantitative estimate of drug-likeness (QED) is 0.493. The third-order valence-corrected chi connectivity index (χ3v) is 10.2. The van der Waals surface area contributed by atoms with Gasteiger partial charge >= 0.3 is 0 Å². The zero-order valence-electron chi connectivity index (χ0n) is 14.3. The Kier molecular flexibility index (Phi) is 5.16. The Bertz CT molecular complexity index is 640. The molecule has 0 saturated carbocycles. The summed E-state index contributed by atoms with van der Waals surface area (Å²) in [5.74, 6) is 2.85. The molecule has 0 radical (unpaired) electrons. The van der Waals surface area contributed by atoms with E-state index in [1.807, 2.05) is 11.3 Å². The number of hydrogen-bond acceptors (Lipinski definition) is 2. The maximum Gasteiger partial charge on any atom is 0.193 e. The summed E-state index contributed by atoms with van der Waals surface area (Å²) < 4.78 is 7.70. The number of terminal acetylenes is 1. The van der Waals surface area contributed by atoms with Gasteiger partial charge in [-0.3, -0.25) is 0 Å². The smallest absolute Gasteiger partial charge is 0.193 e. The monoisotopic (exact) mass is 330 g/mol. The van der Waals surface area contributed by atoms with Crippen LogP contribution in [0.5, 0.6) is 0 Å². The van der Waals surface area contributed by atoms with E-state index in [-0.39, 0.29) is 11.1 Å². The van der Waals surface area contributed by atoms with Gasteiger partial charge in [0.05, 0.1) is 0 Å². The molecule has 1 nitrogen and oxygen atoms in total. The number of thiophene rings is 1. The highest BCUT2D eigenvalue weighted by Crippen LogP contribution is 2.37. The molecule has 2 rings (SSSR count). The number of rotatable bonds is 5. The maximum atomic E-state index is 6.35. The summed E-state index contributed by atoms with van der Waals surface area (Å²) in [6, 6.07) is 10.8. The first kappa shape index (κ1) is 17.3. The van der Waals surface area contributed by atoms with Crippen LogP contribution in [0.2, 0.25) is 18.1 Å². The van der Waals surface area contributed by atoms with Crippen molar-refractivity contribution in [1.82, 2.24) is 0 Å². The molecule has 1 atom stereocenters. The third kappa shape index (κ3) is 4.01. The van der Waals surface area contributed by atoms with Crippen LogP contribution in [0, 0.1) is 12.3 Å². The summed E-state index contributed by atoms with van der Waals surface area (Å²) in [4.78, 5) is 1.39. The maximum absolute atomic E-state index is 6.35. The van der Waals surface area contributed by atoms with Crippen LogP contribution >= 0.6 is 11.3 Å². The second-order valence-corrected chi connectivity index (χ2v) is 13.2. The zero-order chi connectivity index (χ0) is 16.4. The summed E-state index contributed by atoms with van der Waals surface area (Å²) >= 11 is 1.86. The molecule has 1 aromatic carbocycles. The molecular formula is C19H26OSSi. The Hall–Kier alpha value is -1.08. The number of hydrogen-bond donors (Lipinski definition) is 0. The van der Waals surface area contributed by atoms with Gasteiger partial charge < -0.3 is 4.43 Å². The summed E-state index contributed by atoms with van der Waals surface area (Å²) in [7, 11) is -1.80. The van der Waals surface area contributed by atoms with Crippen molar-refractivity contribution < 1.29 is 4.43 Å². The van der Waals surface area contributed by atoms with Crippen LogP contribution in [-0.2, 0) is 10.8 Å². The minimum atomic E-state index is -1.80. The molecule has 0 amide bonds. The lowest BCUT2D eigenvalue weighted by Crippen LogP contribution is -2.43. The standard InChI is InChI=1S/C19H26OSSi/c1-7-16(20-22(5,6)19(2,3)4)12-13-17-14-15-10-8-9-11-18(15)21-17/h1,8-11,14,16H,12-13H2,2-6H3. The van der Waals surface area contributed by atoms with Gasteiger partial charge in [0, 0.05) is 9.58 Å². The molecule has 0 aliphatic carbocycles. The Balaban J connectivity index is 2.01. The largest absolute Gasteiger partial charge is 0.403 e. The normalized spacial score (nSPS) is 14.0. The van der Waals surface area contributed by atoms with Gasteiger partial charge in [0.15, 0.2) is 8.32 Å². The van der Waals surface area contributed by atoms with E-state index in [2.05, 4.69) is 70.1 Å². The molecule has 118 valence electrons. The lowest BCUT2D eigenvalue weighted by molar-refractivity contribution is 0.224. The summed E-state index contributed by atoms with van der Waals surface area (Å²) in [5.41, 5.74) is 0. The average Bonchev–Trinajstić information content (AvgIpc) is 2.84. The lowest BCUT2D eigenvalue weighted by atomic mass is 10.1. The van der Waals surface area contributed by atoms with Crippen LogP contribution in [0.1, 0.15) is 32.1 Å². The van der Waals surface area contributed by atoms with Crippen molar-refractivity contribution in [3.63, 3.8) is 0 Å². The molecule has 0 saturated heterocycles. The summed E-state index contributed by atoms with van der Waals surface area (Å²) in [5, 5.41) is 1.52. The van der Waals surface area contributed by atoms with E-state index < -0.39 is 8.32 Å². The van der Waals surface area contributed by atoms with E-state index in [1.54, 1.807) is 0 Å². The molecule has 1 aromatic heterocycles. The zero-order valence-corrected chi connectivity index (χ0v) is 16.1. The molecule has 0 bridgehead atoms. The van der Waals surface area contributed by atoms with Gasteiger partial charge in [-0.25, -0.2) is 0 Å². The molecule has 22 heavy (non-hydrogen) atoms. The molecule has 3 heteroatoms. The molecule has 1 unspecified atom stereocenters. The molecule has 0 aliphatic rings.